The van der Waals surface area contributed by atoms with E-state index in [1.54, 1.807) is 25.1 Å². The minimum absolute atomic E-state index is 0.281. The van der Waals surface area contributed by atoms with Crippen LogP contribution in [-0.4, -0.2) is 29.0 Å². The summed E-state index contributed by atoms with van der Waals surface area (Å²) in [5.41, 5.74) is 1.55. The number of aryl methyl sites for hydroxylation is 1. The molecule has 1 aliphatic carbocycles. The van der Waals surface area contributed by atoms with Gasteiger partial charge in [0.15, 0.2) is 11.5 Å². The molecule has 3 heterocycles. The molecule has 0 aliphatic heterocycles. The van der Waals surface area contributed by atoms with Gasteiger partial charge in [-0.1, -0.05) is 29.8 Å². The van der Waals surface area contributed by atoms with E-state index in [1.807, 2.05) is 32.2 Å². The third kappa shape index (κ3) is 5.10. The van der Waals surface area contributed by atoms with E-state index in [2.05, 4.69) is 21.5 Å². The van der Waals surface area contributed by atoms with Crippen molar-refractivity contribution in [2.24, 2.45) is 0 Å². The number of ether oxygens (including phenoxy) is 1. The first kappa shape index (κ1) is 25.4. The number of halogens is 1. The fraction of sp³-hybridized carbons (Fsp3) is 0.269. The zero-order valence-corrected chi connectivity index (χ0v) is 21.3. The number of furan rings is 2. The van der Waals surface area contributed by atoms with E-state index in [0.717, 1.165) is 21.5 Å². The molecule has 10 heteroatoms. The van der Waals surface area contributed by atoms with Gasteiger partial charge in [0.1, 0.15) is 17.3 Å². The molecular weight excluding hydrogens is 504 g/mol. The van der Waals surface area contributed by atoms with Gasteiger partial charge in [0, 0.05) is 28.6 Å². The number of carboxylic acids is 1. The first-order valence-corrected chi connectivity index (χ1v) is 12.2. The van der Waals surface area contributed by atoms with Gasteiger partial charge in [-0.15, -0.1) is 0 Å². The lowest BCUT2D eigenvalue weighted by Crippen LogP contribution is -2.18. The first-order valence-electron chi connectivity index (χ1n) is 11.1. The fourth-order valence-corrected chi connectivity index (χ4v) is 4.61. The number of anilines is 1. The van der Waals surface area contributed by atoms with Gasteiger partial charge in [0.2, 0.25) is 0 Å². The van der Waals surface area contributed by atoms with E-state index in [-0.39, 0.29) is 6.10 Å². The molecule has 1 aliphatic rings. The molecule has 0 radical (unpaired) electrons. The number of aromatic nitrogens is 1. The highest BCUT2D eigenvalue weighted by Crippen LogP contribution is 2.50. The van der Waals surface area contributed by atoms with E-state index in [4.69, 9.17) is 25.2 Å². The number of hydrogen-bond donors (Lipinski definition) is 2. The molecule has 1 saturated carbocycles. The van der Waals surface area contributed by atoms with Crippen LogP contribution in [0.3, 0.4) is 0 Å². The number of carbonyl (C=O) groups is 2. The van der Waals surface area contributed by atoms with Gasteiger partial charge in [-0.25, -0.2) is 0 Å². The Morgan fingerprint density at radius 3 is 2.67 bits per heavy atom. The number of hydrogen-bond acceptors (Lipinski definition) is 8. The second-order valence-corrected chi connectivity index (χ2v) is 9.59. The molecular formula is C26H23ClN2O6S. The minimum Gasteiger partial charge on any atom is -0.480 e. The molecule has 0 saturated heterocycles. The van der Waals surface area contributed by atoms with Crippen LogP contribution in [0.2, 0.25) is 5.02 Å². The average Bonchev–Trinajstić information content (AvgIpc) is 3.27. The lowest BCUT2D eigenvalue weighted by Gasteiger charge is -2.10. The molecule has 8 nitrogen and oxygen atoms in total. The van der Waals surface area contributed by atoms with E-state index in [1.165, 1.54) is 11.5 Å². The average molecular weight is 527 g/mol. The van der Waals surface area contributed by atoms with Crippen molar-refractivity contribution < 1.29 is 28.3 Å². The molecule has 1 atom stereocenters. The van der Waals surface area contributed by atoms with Crippen molar-refractivity contribution in [3.8, 4) is 11.8 Å². The van der Waals surface area contributed by atoms with Crippen molar-refractivity contribution in [2.45, 2.75) is 38.2 Å². The van der Waals surface area contributed by atoms with Gasteiger partial charge >= 0.3 is 5.97 Å². The largest absolute Gasteiger partial charge is 0.480 e. The number of nitrogens with one attached hydrogen (secondary N) is 1. The molecule has 36 heavy (non-hydrogen) atoms. The zero-order chi connectivity index (χ0) is 25.9. The van der Waals surface area contributed by atoms with Gasteiger partial charge in [-0.05, 0) is 62.2 Å². The lowest BCUT2D eigenvalue weighted by atomic mass is 10.0. The summed E-state index contributed by atoms with van der Waals surface area (Å²) in [5, 5.41) is 13.7. The number of aliphatic carboxylic acids is 1. The SMILES string of the molecule is CC(OC=O)c1ccccc1Cl.CNc1c(C#Cc2cc3cc(C4(C(=O)O)CC4)oc3o2)nsc1C. The normalized spacial score (nSPS) is 14.1. The minimum atomic E-state index is -0.868. The van der Waals surface area contributed by atoms with Crippen molar-refractivity contribution in [3.05, 3.63) is 69.1 Å². The maximum atomic E-state index is 11.3. The summed E-state index contributed by atoms with van der Waals surface area (Å²) in [4.78, 5) is 22.5. The molecule has 2 N–H and O–H groups in total. The molecule has 0 bridgehead atoms. The Hall–Kier alpha value is -3.74. The van der Waals surface area contributed by atoms with Crippen LogP contribution in [0.25, 0.3) is 11.2 Å². The molecule has 3 aromatic heterocycles. The van der Waals surface area contributed by atoms with Crippen molar-refractivity contribution in [2.75, 3.05) is 12.4 Å². The van der Waals surface area contributed by atoms with E-state index in [9.17, 15) is 14.7 Å². The molecule has 0 amide bonds. The van der Waals surface area contributed by atoms with E-state index >= 15 is 0 Å². The van der Waals surface area contributed by atoms with Crippen LogP contribution >= 0.6 is 23.1 Å². The number of rotatable bonds is 6. The summed E-state index contributed by atoms with van der Waals surface area (Å²) in [6.07, 6.45) is 0.915. The van der Waals surface area contributed by atoms with Gasteiger partial charge in [-0.2, -0.15) is 4.37 Å². The summed E-state index contributed by atoms with van der Waals surface area (Å²) in [6.45, 7) is 4.18. The highest BCUT2D eigenvalue weighted by molar-refractivity contribution is 7.06. The van der Waals surface area contributed by atoms with E-state index in [0.29, 0.717) is 47.3 Å². The summed E-state index contributed by atoms with van der Waals surface area (Å²) >= 11 is 7.25. The van der Waals surface area contributed by atoms with Crippen LogP contribution in [-0.2, 0) is 19.7 Å². The second kappa shape index (κ2) is 10.5. The van der Waals surface area contributed by atoms with Crippen LogP contribution < -0.4 is 5.32 Å². The third-order valence-corrected chi connectivity index (χ3v) is 6.96. The standard InChI is InChI=1S/C17H14N2O4S.C9H9ClO2/c1-9-14(18-2)12(19-24-9)4-3-11-7-10-8-13(23-15(10)22-11)17(5-6-17)16(20)21;1-7(12-6-11)8-4-2-3-5-9(8)10/h7-8,18H,5-6H2,1-2H3,(H,20,21);2-7H,1H3. The lowest BCUT2D eigenvalue weighted by molar-refractivity contribution is -0.140. The molecule has 1 fully saturated rings. The molecule has 0 spiro atoms. The maximum Gasteiger partial charge on any atom is 0.317 e. The highest BCUT2D eigenvalue weighted by Gasteiger charge is 2.54. The Kier molecular flexibility index (Phi) is 7.38. The highest BCUT2D eigenvalue weighted by atomic mass is 35.5. The zero-order valence-electron chi connectivity index (χ0n) is 19.8. The molecule has 1 aromatic carbocycles. The van der Waals surface area contributed by atoms with Crippen molar-refractivity contribution in [1.82, 2.24) is 4.37 Å². The first-order chi connectivity index (χ1) is 17.3. The van der Waals surface area contributed by atoms with Crippen LogP contribution in [0.4, 0.5) is 5.69 Å². The number of nitrogens with zero attached hydrogens (tertiary/aromatic N) is 1. The smallest absolute Gasteiger partial charge is 0.317 e. The van der Waals surface area contributed by atoms with Gasteiger partial charge < -0.3 is 24.0 Å². The summed E-state index contributed by atoms with van der Waals surface area (Å²) < 4.78 is 20.2. The number of carboxylic acid groups (broad SMARTS) is 1. The Morgan fingerprint density at radius 2 is 2.06 bits per heavy atom. The van der Waals surface area contributed by atoms with Crippen LogP contribution in [0.5, 0.6) is 0 Å². The summed E-state index contributed by atoms with van der Waals surface area (Å²) in [6, 6.07) is 10.8. The Morgan fingerprint density at radius 1 is 1.31 bits per heavy atom. The van der Waals surface area contributed by atoms with Crippen molar-refractivity contribution in [3.63, 3.8) is 0 Å². The van der Waals surface area contributed by atoms with Crippen molar-refractivity contribution in [1.29, 1.82) is 0 Å². The summed E-state index contributed by atoms with van der Waals surface area (Å²) in [5.74, 6) is 6.29. The fourth-order valence-electron chi connectivity index (χ4n) is 3.66. The van der Waals surface area contributed by atoms with Crippen molar-refractivity contribution >= 4 is 52.4 Å². The second-order valence-electron chi connectivity index (χ2n) is 8.21. The van der Waals surface area contributed by atoms with Crippen LogP contribution in [0, 0.1) is 18.8 Å². The monoisotopic (exact) mass is 526 g/mol. The Labute approximate surface area is 216 Å². The van der Waals surface area contributed by atoms with Crippen LogP contribution in [0.1, 0.15) is 53.5 Å². The third-order valence-electron chi connectivity index (χ3n) is 5.86. The maximum absolute atomic E-state index is 11.3. The summed E-state index contributed by atoms with van der Waals surface area (Å²) in [7, 11) is 1.83. The Bertz CT molecular complexity index is 1440. The molecule has 5 rings (SSSR count). The number of carbonyl (C=O) groups excluding carboxylic acids is 1. The number of fused-ring (bicyclic) bond motifs is 1. The quantitative estimate of drug-likeness (QED) is 0.235. The Balaban J connectivity index is 0.000000214. The van der Waals surface area contributed by atoms with E-state index < -0.39 is 11.4 Å². The predicted molar refractivity (Wildman–Crippen MR) is 136 cm³/mol. The molecule has 186 valence electrons. The van der Waals surface area contributed by atoms with Crippen LogP contribution in [0.15, 0.2) is 45.2 Å². The van der Waals surface area contributed by atoms with Gasteiger partial charge in [-0.3, -0.25) is 9.59 Å². The topological polar surface area (TPSA) is 115 Å². The predicted octanol–water partition coefficient (Wildman–Crippen LogP) is 5.92. The van der Waals surface area contributed by atoms with Gasteiger partial charge in [0.05, 0.1) is 11.1 Å². The van der Waals surface area contributed by atoms with Gasteiger partial charge in [0.25, 0.3) is 12.3 Å². The molecule has 1 unspecified atom stereocenters. The number of benzene rings is 1. The molecule has 4 aromatic rings.